The molecule has 0 radical (unpaired) electrons. The van der Waals surface area contributed by atoms with Gasteiger partial charge < -0.3 is 9.84 Å². The summed E-state index contributed by atoms with van der Waals surface area (Å²) in [6.07, 6.45) is 1.31. The summed E-state index contributed by atoms with van der Waals surface area (Å²) in [6, 6.07) is 0.401. The Labute approximate surface area is 91.2 Å². The molecule has 0 bridgehead atoms. The molecule has 15 heavy (non-hydrogen) atoms. The number of morpholine rings is 1. The molecule has 1 heterocycles. The molecule has 0 aromatic carbocycles. The number of hydrogen-bond donors (Lipinski definition) is 1. The molecular weight excluding hydrogens is 194 g/mol. The van der Waals surface area contributed by atoms with E-state index in [1.807, 2.05) is 0 Å². The van der Waals surface area contributed by atoms with Gasteiger partial charge in [0.2, 0.25) is 0 Å². The number of ether oxygens (including phenoxy) is 1. The zero-order valence-electron chi connectivity index (χ0n) is 9.61. The van der Waals surface area contributed by atoms with Crippen molar-refractivity contribution in [3.8, 4) is 0 Å². The van der Waals surface area contributed by atoms with Gasteiger partial charge in [-0.05, 0) is 12.3 Å². The van der Waals surface area contributed by atoms with Crippen LogP contribution in [-0.2, 0) is 9.53 Å². The molecule has 1 saturated heterocycles. The second kappa shape index (κ2) is 6.08. The molecule has 4 heteroatoms. The van der Waals surface area contributed by atoms with Crippen molar-refractivity contribution in [2.24, 2.45) is 5.92 Å². The number of carboxylic acid groups (broad SMARTS) is 1. The fourth-order valence-corrected chi connectivity index (χ4v) is 1.98. The maximum atomic E-state index is 10.5. The van der Waals surface area contributed by atoms with Crippen LogP contribution in [0.1, 0.15) is 26.7 Å². The minimum atomic E-state index is -0.718. The highest BCUT2D eigenvalue weighted by Crippen LogP contribution is 2.15. The van der Waals surface area contributed by atoms with E-state index in [0.29, 0.717) is 18.5 Å². The fourth-order valence-electron chi connectivity index (χ4n) is 1.98. The molecular formula is C11H21NO3. The first-order valence-electron chi connectivity index (χ1n) is 5.63. The van der Waals surface area contributed by atoms with Crippen molar-refractivity contribution in [2.45, 2.75) is 32.7 Å². The molecule has 1 unspecified atom stereocenters. The quantitative estimate of drug-likeness (QED) is 0.749. The van der Waals surface area contributed by atoms with Crippen LogP contribution in [0, 0.1) is 5.92 Å². The standard InChI is InChI=1S/C11H21NO3/c1-9(2)7-10-8-15-6-5-12(10)4-3-11(13)14/h9-10H,3-8H2,1-2H3,(H,13,14). The van der Waals surface area contributed by atoms with Crippen molar-refractivity contribution < 1.29 is 14.6 Å². The van der Waals surface area contributed by atoms with Gasteiger partial charge >= 0.3 is 5.97 Å². The van der Waals surface area contributed by atoms with Crippen LogP contribution in [0.15, 0.2) is 0 Å². The molecule has 0 spiro atoms. The van der Waals surface area contributed by atoms with Crippen molar-refractivity contribution in [2.75, 3.05) is 26.3 Å². The van der Waals surface area contributed by atoms with E-state index >= 15 is 0 Å². The molecule has 0 aliphatic carbocycles. The Morgan fingerprint density at radius 2 is 2.33 bits per heavy atom. The fraction of sp³-hybridized carbons (Fsp3) is 0.909. The normalized spacial score (nSPS) is 23.3. The van der Waals surface area contributed by atoms with Crippen molar-refractivity contribution in [3.05, 3.63) is 0 Å². The van der Waals surface area contributed by atoms with Crippen LogP contribution in [0.2, 0.25) is 0 Å². The predicted molar refractivity (Wildman–Crippen MR) is 57.9 cm³/mol. The van der Waals surface area contributed by atoms with Gasteiger partial charge in [-0.1, -0.05) is 13.8 Å². The maximum Gasteiger partial charge on any atom is 0.304 e. The van der Waals surface area contributed by atoms with E-state index in [-0.39, 0.29) is 6.42 Å². The Bertz CT molecular complexity index is 206. The van der Waals surface area contributed by atoms with Crippen LogP contribution in [-0.4, -0.2) is 48.3 Å². The van der Waals surface area contributed by atoms with Crippen molar-refractivity contribution in [3.63, 3.8) is 0 Å². The Kier molecular flexibility index (Phi) is 5.05. The van der Waals surface area contributed by atoms with Gasteiger partial charge in [0.15, 0.2) is 0 Å². The SMILES string of the molecule is CC(C)CC1COCCN1CCC(=O)O. The number of carboxylic acids is 1. The summed E-state index contributed by atoms with van der Waals surface area (Å²) >= 11 is 0. The zero-order chi connectivity index (χ0) is 11.3. The molecule has 0 amide bonds. The zero-order valence-corrected chi connectivity index (χ0v) is 9.61. The van der Waals surface area contributed by atoms with Gasteiger partial charge in [0.05, 0.1) is 19.6 Å². The van der Waals surface area contributed by atoms with Gasteiger partial charge in [0.1, 0.15) is 0 Å². The van der Waals surface area contributed by atoms with E-state index in [4.69, 9.17) is 9.84 Å². The van der Waals surface area contributed by atoms with Gasteiger partial charge in [-0.3, -0.25) is 9.69 Å². The number of aliphatic carboxylic acids is 1. The van der Waals surface area contributed by atoms with E-state index in [1.165, 1.54) is 0 Å². The monoisotopic (exact) mass is 215 g/mol. The highest BCUT2D eigenvalue weighted by Gasteiger charge is 2.23. The van der Waals surface area contributed by atoms with E-state index in [9.17, 15) is 4.79 Å². The molecule has 1 atom stereocenters. The molecule has 1 aliphatic heterocycles. The molecule has 88 valence electrons. The third-order valence-electron chi connectivity index (χ3n) is 2.71. The third-order valence-corrected chi connectivity index (χ3v) is 2.71. The lowest BCUT2D eigenvalue weighted by atomic mass is 10.0. The van der Waals surface area contributed by atoms with Crippen LogP contribution in [0.3, 0.4) is 0 Å². The summed E-state index contributed by atoms with van der Waals surface area (Å²) in [6.45, 7) is 7.36. The Balaban J connectivity index is 2.38. The number of rotatable bonds is 5. The second-order valence-corrected chi connectivity index (χ2v) is 4.54. The lowest BCUT2D eigenvalue weighted by Crippen LogP contribution is -2.46. The van der Waals surface area contributed by atoms with Crippen molar-refractivity contribution in [1.29, 1.82) is 0 Å². The second-order valence-electron chi connectivity index (χ2n) is 4.54. The molecule has 1 aliphatic rings. The van der Waals surface area contributed by atoms with Crippen molar-refractivity contribution in [1.82, 2.24) is 4.90 Å². The Hall–Kier alpha value is -0.610. The minimum absolute atomic E-state index is 0.231. The summed E-state index contributed by atoms with van der Waals surface area (Å²) in [4.78, 5) is 12.8. The van der Waals surface area contributed by atoms with Gasteiger partial charge in [-0.15, -0.1) is 0 Å². The highest BCUT2D eigenvalue weighted by atomic mass is 16.5. The number of hydrogen-bond acceptors (Lipinski definition) is 3. The third kappa shape index (κ3) is 4.62. The molecule has 0 saturated carbocycles. The lowest BCUT2D eigenvalue weighted by Gasteiger charge is -2.36. The summed E-state index contributed by atoms with van der Waals surface area (Å²) in [5.41, 5.74) is 0. The Morgan fingerprint density at radius 3 is 2.93 bits per heavy atom. The first-order valence-corrected chi connectivity index (χ1v) is 5.63. The molecule has 1 rings (SSSR count). The van der Waals surface area contributed by atoms with Crippen LogP contribution >= 0.6 is 0 Å². The predicted octanol–water partition coefficient (Wildman–Crippen LogP) is 1.21. The van der Waals surface area contributed by atoms with E-state index in [2.05, 4.69) is 18.7 Å². The first-order chi connectivity index (χ1) is 7.09. The number of carbonyl (C=O) groups is 1. The van der Waals surface area contributed by atoms with Gasteiger partial charge in [-0.2, -0.15) is 0 Å². The molecule has 1 N–H and O–H groups in total. The summed E-state index contributed by atoms with van der Waals surface area (Å²) in [5, 5.41) is 8.65. The van der Waals surface area contributed by atoms with Gasteiger partial charge in [0, 0.05) is 19.1 Å². The Morgan fingerprint density at radius 1 is 1.60 bits per heavy atom. The first kappa shape index (κ1) is 12.5. The van der Waals surface area contributed by atoms with E-state index < -0.39 is 5.97 Å². The van der Waals surface area contributed by atoms with Gasteiger partial charge in [0.25, 0.3) is 0 Å². The summed E-state index contributed by atoms with van der Waals surface area (Å²) in [7, 11) is 0. The van der Waals surface area contributed by atoms with E-state index in [0.717, 1.165) is 26.2 Å². The minimum Gasteiger partial charge on any atom is -0.481 e. The molecule has 0 aromatic rings. The van der Waals surface area contributed by atoms with Crippen molar-refractivity contribution >= 4 is 5.97 Å². The molecule has 0 aromatic heterocycles. The average molecular weight is 215 g/mol. The topological polar surface area (TPSA) is 49.8 Å². The van der Waals surface area contributed by atoms with E-state index in [1.54, 1.807) is 0 Å². The molecule has 4 nitrogen and oxygen atoms in total. The van der Waals surface area contributed by atoms with Crippen LogP contribution in [0.5, 0.6) is 0 Å². The highest BCUT2D eigenvalue weighted by molar-refractivity contribution is 5.66. The molecule has 1 fully saturated rings. The largest absolute Gasteiger partial charge is 0.481 e. The maximum absolute atomic E-state index is 10.5. The van der Waals surface area contributed by atoms with Crippen LogP contribution in [0.4, 0.5) is 0 Å². The smallest absolute Gasteiger partial charge is 0.304 e. The summed E-state index contributed by atoms with van der Waals surface area (Å²) < 4.78 is 5.43. The van der Waals surface area contributed by atoms with Crippen LogP contribution < -0.4 is 0 Å². The van der Waals surface area contributed by atoms with Crippen LogP contribution in [0.25, 0.3) is 0 Å². The average Bonchev–Trinajstić information content (AvgIpc) is 2.15. The summed E-state index contributed by atoms with van der Waals surface area (Å²) in [5.74, 6) is -0.0891. The van der Waals surface area contributed by atoms with Gasteiger partial charge in [-0.25, -0.2) is 0 Å². The lowest BCUT2D eigenvalue weighted by molar-refractivity contribution is -0.138. The number of nitrogens with zero attached hydrogens (tertiary/aromatic N) is 1.